The Morgan fingerprint density at radius 3 is 1.81 bits per heavy atom. The van der Waals surface area contributed by atoms with Crippen molar-refractivity contribution in [1.29, 1.82) is 0 Å². The zero-order valence-electron chi connectivity index (χ0n) is 30.0. The van der Waals surface area contributed by atoms with E-state index in [0.717, 1.165) is 17.1 Å². The molecule has 0 amide bonds. The minimum atomic E-state index is -0.0154. The van der Waals surface area contributed by atoms with Crippen LogP contribution < -0.4 is 4.90 Å². The Bertz CT molecular complexity index is 3070. The largest absolute Gasteiger partial charge is 0.310 e. The predicted molar refractivity (Wildman–Crippen MR) is 235 cm³/mol. The maximum Gasteiger partial charge on any atom is 0.0467 e. The first kappa shape index (κ1) is 31.5. The van der Waals surface area contributed by atoms with Gasteiger partial charge in [-0.05, 0) is 81.4 Å². The highest BCUT2D eigenvalue weighted by atomic mass is 32.1. The maximum atomic E-state index is 2.38. The molecule has 0 saturated heterocycles. The quantitative estimate of drug-likeness (QED) is 0.171. The molecule has 256 valence electrons. The standard InChI is InChI=1S/C51H35NS2/c1-51(2)44-23-8-6-18-43(44)47-45(51)30-29-42-41-22-12-20-38(49(41)54-50(42)47)33-13-10-16-36(31-33)52(34-14-4-3-5-15-34)35-27-25-32(26-28-35)37-19-11-21-40-39-17-7-9-24-46(39)53-48(37)40/h3-31H,1-2H3. The summed E-state index contributed by atoms with van der Waals surface area (Å²) in [6.45, 7) is 4.73. The van der Waals surface area contributed by atoms with Gasteiger partial charge in [0.1, 0.15) is 0 Å². The third kappa shape index (κ3) is 4.69. The van der Waals surface area contributed by atoms with Gasteiger partial charge in [-0.3, -0.25) is 0 Å². The number of hydrogen-bond donors (Lipinski definition) is 0. The van der Waals surface area contributed by atoms with E-state index in [1.54, 1.807) is 0 Å². The number of hydrogen-bond acceptors (Lipinski definition) is 3. The highest BCUT2D eigenvalue weighted by molar-refractivity contribution is 7.27. The van der Waals surface area contributed by atoms with Crippen molar-refractivity contribution < 1.29 is 0 Å². The molecular formula is C51H35NS2. The van der Waals surface area contributed by atoms with Crippen molar-refractivity contribution in [1.82, 2.24) is 0 Å². The van der Waals surface area contributed by atoms with E-state index in [1.807, 2.05) is 22.7 Å². The van der Waals surface area contributed by atoms with Crippen molar-refractivity contribution in [3.05, 3.63) is 187 Å². The van der Waals surface area contributed by atoms with Crippen LogP contribution in [0.4, 0.5) is 17.1 Å². The molecule has 2 heterocycles. The second kappa shape index (κ2) is 12.0. The number of benzene rings is 8. The monoisotopic (exact) mass is 725 g/mol. The summed E-state index contributed by atoms with van der Waals surface area (Å²) in [7, 11) is 0. The predicted octanol–water partition coefficient (Wildman–Crippen LogP) is 15.5. The number of para-hydroxylation sites is 1. The Balaban J connectivity index is 1.03. The van der Waals surface area contributed by atoms with Crippen LogP contribution in [0.15, 0.2) is 176 Å². The average molecular weight is 726 g/mol. The first-order valence-corrected chi connectivity index (χ1v) is 20.2. The van der Waals surface area contributed by atoms with E-state index in [1.165, 1.54) is 84.9 Å². The lowest BCUT2D eigenvalue weighted by molar-refractivity contribution is 0.661. The molecule has 3 heteroatoms. The van der Waals surface area contributed by atoms with Gasteiger partial charge >= 0.3 is 0 Å². The highest BCUT2D eigenvalue weighted by Gasteiger charge is 2.36. The van der Waals surface area contributed by atoms with Crippen LogP contribution in [0.2, 0.25) is 0 Å². The molecule has 0 bridgehead atoms. The zero-order valence-corrected chi connectivity index (χ0v) is 31.6. The Hall–Kier alpha value is -6.00. The molecule has 2 aromatic heterocycles. The van der Waals surface area contributed by atoms with Crippen LogP contribution >= 0.6 is 22.7 Å². The van der Waals surface area contributed by atoms with E-state index in [0.29, 0.717) is 0 Å². The summed E-state index contributed by atoms with van der Waals surface area (Å²) in [4.78, 5) is 2.38. The van der Waals surface area contributed by atoms with E-state index in [9.17, 15) is 0 Å². The van der Waals surface area contributed by atoms with Crippen LogP contribution in [-0.4, -0.2) is 0 Å². The second-order valence-electron chi connectivity index (χ2n) is 14.9. The van der Waals surface area contributed by atoms with Crippen molar-refractivity contribution >= 4 is 80.1 Å². The Labute approximate surface area is 323 Å². The normalized spacial score (nSPS) is 13.1. The van der Waals surface area contributed by atoms with E-state index in [2.05, 4.69) is 195 Å². The topological polar surface area (TPSA) is 3.24 Å². The van der Waals surface area contributed by atoms with Gasteiger partial charge in [-0.15, -0.1) is 22.7 Å². The first-order chi connectivity index (χ1) is 26.5. The molecule has 0 atom stereocenters. The number of thiophene rings is 2. The van der Waals surface area contributed by atoms with Gasteiger partial charge in [0.05, 0.1) is 0 Å². The number of anilines is 3. The third-order valence-corrected chi connectivity index (χ3v) is 14.0. The van der Waals surface area contributed by atoms with Crippen molar-refractivity contribution in [2.24, 2.45) is 0 Å². The summed E-state index contributed by atoms with van der Waals surface area (Å²) in [6, 6.07) is 64.9. The molecule has 11 rings (SSSR count). The highest BCUT2D eigenvalue weighted by Crippen LogP contribution is 2.54. The summed E-state index contributed by atoms with van der Waals surface area (Å²) in [5.41, 5.74) is 14.0. The fourth-order valence-corrected chi connectivity index (χ4v) is 11.5. The van der Waals surface area contributed by atoms with Gasteiger partial charge in [0.2, 0.25) is 0 Å². The summed E-state index contributed by atoms with van der Waals surface area (Å²) < 4.78 is 5.40. The van der Waals surface area contributed by atoms with Gasteiger partial charge in [0.25, 0.3) is 0 Å². The molecule has 8 aromatic carbocycles. The number of fused-ring (bicyclic) bond motifs is 10. The molecule has 0 aliphatic heterocycles. The molecule has 0 saturated carbocycles. The minimum Gasteiger partial charge on any atom is -0.310 e. The van der Waals surface area contributed by atoms with E-state index < -0.39 is 0 Å². The van der Waals surface area contributed by atoms with Gasteiger partial charge in [-0.1, -0.05) is 147 Å². The fraction of sp³-hybridized carbons (Fsp3) is 0.0588. The molecule has 1 aliphatic carbocycles. The molecule has 0 spiro atoms. The van der Waals surface area contributed by atoms with Crippen LogP contribution in [0.3, 0.4) is 0 Å². The fourth-order valence-electron chi connectivity index (χ4n) is 8.87. The molecule has 1 nitrogen and oxygen atoms in total. The molecular weight excluding hydrogens is 691 g/mol. The number of rotatable bonds is 5. The van der Waals surface area contributed by atoms with E-state index in [4.69, 9.17) is 0 Å². The zero-order chi connectivity index (χ0) is 36.0. The SMILES string of the molecule is CC1(C)c2ccccc2-c2c1ccc1c2sc2c(-c3cccc(N(c4ccccc4)c4ccc(-c5cccc6c5sc5ccccc56)cc4)c3)cccc21. The Morgan fingerprint density at radius 2 is 0.981 bits per heavy atom. The van der Waals surface area contributed by atoms with Crippen molar-refractivity contribution in [3.63, 3.8) is 0 Å². The molecule has 10 aromatic rings. The van der Waals surface area contributed by atoms with Gasteiger partial charge < -0.3 is 4.90 Å². The summed E-state index contributed by atoms with van der Waals surface area (Å²) in [6.07, 6.45) is 0. The average Bonchev–Trinajstić information content (AvgIpc) is 3.87. The minimum absolute atomic E-state index is 0.0154. The van der Waals surface area contributed by atoms with Crippen LogP contribution in [-0.2, 0) is 5.41 Å². The van der Waals surface area contributed by atoms with Crippen molar-refractivity contribution in [2.45, 2.75) is 19.3 Å². The first-order valence-electron chi connectivity index (χ1n) is 18.6. The van der Waals surface area contributed by atoms with Crippen molar-refractivity contribution in [2.75, 3.05) is 4.90 Å². The maximum absolute atomic E-state index is 2.38. The molecule has 1 aliphatic rings. The summed E-state index contributed by atoms with van der Waals surface area (Å²) in [5, 5.41) is 5.32. The molecule has 0 fully saturated rings. The van der Waals surface area contributed by atoms with E-state index in [-0.39, 0.29) is 5.41 Å². The summed E-state index contributed by atoms with van der Waals surface area (Å²) >= 11 is 3.83. The van der Waals surface area contributed by atoms with Gasteiger partial charge in [-0.25, -0.2) is 0 Å². The van der Waals surface area contributed by atoms with Crippen LogP contribution in [0.25, 0.3) is 73.7 Å². The Morgan fingerprint density at radius 1 is 0.389 bits per heavy atom. The summed E-state index contributed by atoms with van der Waals surface area (Å²) in [5.74, 6) is 0. The van der Waals surface area contributed by atoms with Crippen LogP contribution in [0, 0.1) is 0 Å². The molecule has 0 unspecified atom stereocenters. The second-order valence-corrected chi connectivity index (χ2v) is 16.9. The van der Waals surface area contributed by atoms with Gasteiger partial charge in [0, 0.05) is 68.4 Å². The van der Waals surface area contributed by atoms with Crippen molar-refractivity contribution in [3.8, 4) is 33.4 Å². The lowest BCUT2D eigenvalue weighted by atomic mass is 9.82. The lowest BCUT2D eigenvalue weighted by Crippen LogP contribution is -2.14. The molecule has 0 radical (unpaired) electrons. The smallest absolute Gasteiger partial charge is 0.0467 e. The molecule has 54 heavy (non-hydrogen) atoms. The molecule has 0 N–H and O–H groups in total. The van der Waals surface area contributed by atoms with Gasteiger partial charge in [0.15, 0.2) is 0 Å². The Kier molecular flexibility index (Phi) is 7.01. The van der Waals surface area contributed by atoms with E-state index >= 15 is 0 Å². The lowest BCUT2D eigenvalue weighted by Gasteiger charge is -2.26. The number of nitrogens with zero attached hydrogens (tertiary/aromatic N) is 1. The van der Waals surface area contributed by atoms with Crippen LogP contribution in [0.1, 0.15) is 25.0 Å². The van der Waals surface area contributed by atoms with Gasteiger partial charge in [-0.2, -0.15) is 0 Å². The third-order valence-electron chi connectivity index (χ3n) is 11.5. The van der Waals surface area contributed by atoms with Crippen LogP contribution in [0.5, 0.6) is 0 Å².